The molecule has 1 heterocycles. The molecule has 1 N–H and O–H groups in total. The Morgan fingerprint density at radius 1 is 1.05 bits per heavy atom. The summed E-state index contributed by atoms with van der Waals surface area (Å²) in [4.78, 5) is 39.1. The normalized spacial score (nSPS) is 17.9. The first-order chi connectivity index (χ1) is 19.0. The minimum absolute atomic E-state index is 0.0859. The van der Waals surface area contributed by atoms with E-state index in [9.17, 15) is 22.8 Å². The number of amides is 2. The molecule has 1 saturated heterocycles. The number of hydrogen-bond acceptors (Lipinski definition) is 8. The van der Waals surface area contributed by atoms with Crippen LogP contribution in [-0.4, -0.2) is 78.0 Å². The first-order valence-corrected chi connectivity index (χ1v) is 15.8. The van der Waals surface area contributed by atoms with Crippen LogP contribution < -0.4 is 10.1 Å². The highest BCUT2D eigenvalue weighted by atomic mass is 32.2. The SMILES string of the molecule is CN(C)C(=O)Oc1ccc(C[C@H](NC(=O)[C@@H]2CSC(C)(C)N2S(=O)(=O)Cc2ccccc2)C(=O)OC(C)(C)C)cc1. The van der Waals surface area contributed by atoms with Gasteiger partial charge in [0.25, 0.3) is 0 Å². The fourth-order valence-corrected chi connectivity index (χ4v) is 8.00. The van der Waals surface area contributed by atoms with Gasteiger partial charge in [0.05, 0.1) is 10.6 Å². The van der Waals surface area contributed by atoms with E-state index in [1.165, 1.54) is 21.0 Å². The van der Waals surface area contributed by atoms with Gasteiger partial charge < -0.3 is 19.7 Å². The molecule has 2 aromatic carbocycles. The summed E-state index contributed by atoms with van der Waals surface area (Å²) < 4.78 is 39.3. The lowest BCUT2D eigenvalue weighted by atomic mass is 10.0. The summed E-state index contributed by atoms with van der Waals surface area (Å²) in [6.07, 6.45) is -0.441. The molecule has 0 aliphatic carbocycles. The van der Waals surface area contributed by atoms with E-state index < -0.39 is 50.5 Å². The average Bonchev–Trinajstić information content (AvgIpc) is 3.20. The van der Waals surface area contributed by atoms with E-state index in [0.717, 1.165) is 0 Å². The lowest BCUT2D eigenvalue weighted by molar-refractivity contribution is -0.158. The summed E-state index contributed by atoms with van der Waals surface area (Å²) in [6.45, 7) is 8.72. The highest BCUT2D eigenvalue weighted by Gasteiger charge is 2.50. The van der Waals surface area contributed by atoms with Crippen molar-refractivity contribution in [3.63, 3.8) is 0 Å². The number of esters is 1. The minimum atomic E-state index is -3.89. The summed E-state index contributed by atoms with van der Waals surface area (Å²) in [5.74, 6) is -0.902. The molecular formula is C29H39N3O7S2. The smallest absolute Gasteiger partial charge is 0.414 e. The number of sulfonamides is 1. The Morgan fingerprint density at radius 2 is 1.66 bits per heavy atom. The quantitative estimate of drug-likeness (QED) is 0.429. The van der Waals surface area contributed by atoms with Crippen molar-refractivity contribution in [1.29, 1.82) is 0 Å². The Hall–Kier alpha value is -3.09. The van der Waals surface area contributed by atoms with Crippen molar-refractivity contribution in [3.8, 4) is 5.75 Å². The van der Waals surface area contributed by atoms with E-state index in [1.807, 2.05) is 6.07 Å². The number of nitrogens with one attached hydrogen (secondary N) is 1. The number of thioether (sulfide) groups is 1. The topological polar surface area (TPSA) is 122 Å². The monoisotopic (exact) mass is 605 g/mol. The second kappa shape index (κ2) is 12.8. The third kappa shape index (κ3) is 8.95. The van der Waals surface area contributed by atoms with Crippen LogP contribution in [0.15, 0.2) is 54.6 Å². The number of ether oxygens (including phenoxy) is 2. The van der Waals surface area contributed by atoms with Crippen LogP contribution in [0.3, 0.4) is 0 Å². The fraction of sp³-hybridized carbons (Fsp3) is 0.483. The van der Waals surface area contributed by atoms with E-state index >= 15 is 0 Å². The maximum Gasteiger partial charge on any atom is 0.414 e. The Labute approximate surface area is 246 Å². The maximum atomic E-state index is 13.7. The van der Waals surface area contributed by atoms with Crippen molar-refractivity contribution in [3.05, 3.63) is 65.7 Å². The van der Waals surface area contributed by atoms with Gasteiger partial charge in [-0.15, -0.1) is 11.8 Å². The van der Waals surface area contributed by atoms with Crippen LogP contribution in [-0.2, 0) is 36.5 Å². The van der Waals surface area contributed by atoms with Crippen molar-refractivity contribution < 1.29 is 32.3 Å². The van der Waals surface area contributed by atoms with Crippen molar-refractivity contribution >= 4 is 39.8 Å². The molecule has 10 nitrogen and oxygen atoms in total. The first-order valence-electron chi connectivity index (χ1n) is 13.2. The Morgan fingerprint density at radius 3 is 2.22 bits per heavy atom. The van der Waals surface area contributed by atoms with Crippen molar-refractivity contribution in [2.24, 2.45) is 0 Å². The molecule has 12 heteroatoms. The van der Waals surface area contributed by atoms with Crippen molar-refractivity contribution in [2.45, 2.75) is 69.3 Å². The van der Waals surface area contributed by atoms with Crippen LogP contribution in [0.2, 0.25) is 0 Å². The number of benzene rings is 2. The molecule has 0 bridgehead atoms. The lowest BCUT2D eigenvalue weighted by Gasteiger charge is -2.33. The molecule has 41 heavy (non-hydrogen) atoms. The van der Waals surface area contributed by atoms with Crippen LogP contribution >= 0.6 is 11.8 Å². The average molecular weight is 606 g/mol. The molecule has 1 fully saturated rings. The molecule has 0 unspecified atom stereocenters. The number of rotatable bonds is 9. The van der Waals surface area contributed by atoms with Gasteiger partial charge in [0.1, 0.15) is 23.4 Å². The molecule has 0 aromatic heterocycles. The zero-order valence-corrected chi connectivity index (χ0v) is 26.2. The molecular weight excluding hydrogens is 566 g/mol. The van der Waals surface area contributed by atoms with Gasteiger partial charge in [-0.05, 0) is 57.9 Å². The van der Waals surface area contributed by atoms with Crippen molar-refractivity contribution in [2.75, 3.05) is 19.8 Å². The molecule has 2 amide bonds. The zero-order valence-electron chi connectivity index (χ0n) is 24.5. The highest BCUT2D eigenvalue weighted by Crippen LogP contribution is 2.42. The Balaban J connectivity index is 1.83. The van der Waals surface area contributed by atoms with Crippen LogP contribution in [0.1, 0.15) is 45.7 Å². The maximum absolute atomic E-state index is 13.7. The summed E-state index contributed by atoms with van der Waals surface area (Å²) in [6, 6.07) is 13.3. The van der Waals surface area contributed by atoms with Gasteiger partial charge in [-0.2, -0.15) is 4.31 Å². The second-order valence-electron chi connectivity index (χ2n) is 11.5. The van der Waals surface area contributed by atoms with Gasteiger partial charge >= 0.3 is 12.1 Å². The third-order valence-corrected chi connectivity index (χ3v) is 9.65. The van der Waals surface area contributed by atoms with Gasteiger partial charge in [0.15, 0.2) is 0 Å². The summed E-state index contributed by atoms with van der Waals surface area (Å²) >= 11 is 1.36. The van der Waals surface area contributed by atoms with E-state index in [0.29, 0.717) is 16.9 Å². The molecule has 224 valence electrons. The van der Waals surface area contributed by atoms with Crippen LogP contribution in [0.5, 0.6) is 5.75 Å². The first kappa shape index (κ1) is 32.4. The molecule has 2 atom stereocenters. The van der Waals surface area contributed by atoms with Gasteiger partial charge in [0, 0.05) is 26.3 Å². The van der Waals surface area contributed by atoms with Gasteiger partial charge in [-0.3, -0.25) is 4.79 Å². The van der Waals surface area contributed by atoms with Gasteiger partial charge in [-0.1, -0.05) is 42.5 Å². The Bertz CT molecular complexity index is 1340. The predicted molar refractivity (Wildman–Crippen MR) is 159 cm³/mol. The van der Waals surface area contributed by atoms with Crippen LogP contribution in [0.4, 0.5) is 4.79 Å². The van der Waals surface area contributed by atoms with Crippen LogP contribution in [0.25, 0.3) is 0 Å². The molecule has 2 aromatic rings. The number of carbonyl (C=O) groups is 3. The van der Waals surface area contributed by atoms with E-state index in [-0.39, 0.29) is 17.9 Å². The Kier molecular flexibility index (Phi) is 10.1. The van der Waals surface area contributed by atoms with Crippen molar-refractivity contribution in [1.82, 2.24) is 14.5 Å². The summed E-state index contributed by atoms with van der Waals surface area (Å²) in [7, 11) is -0.744. The van der Waals surface area contributed by atoms with Gasteiger partial charge in [-0.25, -0.2) is 18.0 Å². The number of hydrogen-bond donors (Lipinski definition) is 1. The van der Waals surface area contributed by atoms with E-state index in [4.69, 9.17) is 9.47 Å². The summed E-state index contributed by atoms with van der Waals surface area (Å²) in [5.41, 5.74) is 0.492. The second-order valence-corrected chi connectivity index (χ2v) is 15.0. The van der Waals surface area contributed by atoms with E-state index in [1.54, 1.807) is 97.2 Å². The molecule has 3 rings (SSSR count). The third-order valence-electron chi connectivity index (χ3n) is 6.14. The highest BCUT2D eigenvalue weighted by molar-refractivity contribution is 8.02. The standard InChI is InChI=1S/C29H39N3O7S2/c1-28(2,3)39-26(34)23(17-20-13-15-22(16-14-20)38-27(35)31(6)7)30-25(33)24-18-40-29(4,5)32(24)41(36,37)19-21-11-9-8-10-12-21/h8-16,23-24H,17-19H2,1-7H3,(H,30,33)/t23-,24-/m0/s1. The fourth-order valence-electron chi connectivity index (χ4n) is 4.31. The van der Waals surface area contributed by atoms with Crippen LogP contribution in [0, 0.1) is 0 Å². The summed E-state index contributed by atoms with van der Waals surface area (Å²) in [5, 5.41) is 2.77. The molecule has 0 saturated carbocycles. The molecule has 1 aliphatic rings. The molecule has 1 aliphatic heterocycles. The number of carbonyl (C=O) groups excluding carboxylic acids is 3. The largest absolute Gasteiger partial charge is 0.458 e. The minimum Gasteiger partial charge on any atom is -0.458 e. The number of nitrogens with zero attached hydrogens (tertiary/aromatic N) is 2. The van der Waals surface area contributed by atoms with E-state index in [2.05, 4.69) is 5.32 Å². The van der Waals surface area contributed by atoms with Gasteiger partial charge in [0.2, 0.25) is 15.9 Å². The predicted octanol–water partition coefficient (Wildman–Crippen LogP) is 3.80. The molecule has 0 radical (unpaired) electrons. The molecule has 0 spiro atoms. The zero-order chi connectivity index (χ0) is 30.6. The lowest BCUT2D eigenvalue weighted by Crippen LogP contribution is -2.56.